The predicted molar refractivity (Wildman–Crippen MR) is 103 cm³/mol. The molecule has 1 aromatic carbocycles. The van der Waals surface area contributed by atoms with Crippen molar-refractivity contribution in [1.29, 1.82) is 0 Å². The molecule has 1 saturated heterocycles. The topological polar surface area (TPSA) is 94.3 Å². The Balaban J connectivity index is 1.38. The summed E-state index contributed by atoms with van der Waals surface area (Å²) in [5.74, 6) is 2.61. The number of carbonyl (C=O) groups excluding carboxylic acids is 1. The molecular formula is C21H26N2O6. The van der Waals surface area contributed by atoms with Crippen molar-refractivity contribution >= 4 is 5.91 Å². The first-order valence-electron chi connectivity index (χ1n) is 9.99. The first-order valence-corrected chi connectivity index (χ1v) is 9.99. The van der Waals surface area contributed by atoms with Crippen molar-refractivity contribution in [3.05, 3.63) is 35.7 Å². The molecule has 8 heteroatoms. The maximum atomic E-state index is 12.7. The maximum absolute atomic E-state index is 12.7. The van der Waals surface area contributed by atoms with Crippen LogP contribution < -0.4 is 14.2 Å². The van der Waals surface area contributed by atoms with E-state index < -0.39 is 12.2 Å². The fraction of sp³-hybridized carbons (Fsp3) is 0.524. The molecule has 0 spiro atoms. The number of likely N-dealkylation sites (tertiary alicyclic amines) is 1. The lowest BCUT2D eigenvalue weighted by Gasteiger charge is -2.36. The third-order valence-corrected chi connectivity index (χ3v) is 5.00. The minimum Gasteiger partial charge on any atom is -0.486 e. The number of para-hydroxylation sites is 1. The zero-order chi connectivity index (χ0) is 20.4. The van der Waals surface area contributed by atoms with E-state index in [1.807, 2.05) is 12.1 Å². The van der Waals surface area contributed by atoms with E-state index in [0.717, 1.165) is 6.42 Å². The van der Waals surface area contributed by atoms with E-state index in [0.29, 0.717) is 55.1 Å². The van der Waals surface area contributed by atoms with Gasteiger partial charge in [-0.25, -0.2) is 0 Å². The Morgan fingerprint density at radius 3 is 2.97 bits per heavy atom. The average Bonchev–Trinajstić information content (AvgIpc) is 3.17. The Hall–Kier alpha value is -2.74. The van der Waals surface area contributed by atoms with Gasteiger partial charge in [0.25, 0.3) is 5.91 Å². The molecule has 0 unspecified atom stereocenters. The van der Waals surface area contributed by atoms with E-state index in [9.17, 15) is 9.90 Å². The van der Waals surface area contributed by atoms with Gasteiger partial charge in [-0.05, 0) is 18.1 Å². The van der Waals surface area contributed by atoms with Gasteiger partial charge in [-0.2, -0.15) is 0 Å². The van der Waals surface area contributed by atoms with Crippen LogP contribution in [0.1, 0.15) is 36.5 Å². The molecule has 29 heavy (non-hydrogen) atoms. The van der Waals surface area contributed by atoms with Crippen LogP contribution >= 0.6 is 0 Å². The molecule has 2 aliphatic rings. The Labute approximate surface area is 169 Å². The summed E-state index contributed by atoms with van der Waals surface area (Å²) in [5.41, 5.74) is 0.273. The van der Waals surface area contributed by atoms with Gasteiger partial charge < -0.3 is 28.7 Å². The summed E-state index contributed by atoms with van der Waals surface area (Å²) in [6, 6.07) is 7.13. The highest BCUT2D eigenvalue weighted by molar-refractivity contribution is 5.92. The number of amides is 1. The minimum absolute atomic E-state index is 0.169. The highest BCUT2D eigenvalue weighted by atomic mass is 16.6. The van der Waals surface area contributed by atoms with Gasteiger partial charge in [0.1, 0.15) is 31.2 Å². The van der Waals surface area contributed by atoms with Crippen LogP contribution in [0.25, 0.3) is 0 Å². The zero-order valence-electron chi connectivity index (χ0n) is 16.7. The third-order valence-electron chi connectivity index (χ3n) is 5.00. The number of β-amino-alcohol motifs (C(OH)–C–C–N with tert-alkyl or cyclic N) is 1. The van der Waals surface area contributed by atoms with Gasteiger partial charge in [-0.1, -0.05) is 25.1 Å². The predicted octanol–water partition coefficient (Wildman–Crippen LogP) is 2.30. The van der Waals surface area contributed by atoms with Crippen LogP contribution in [0.3, 0.4) is 0 Å². The van der Waals surface area contributed by atoms with Gasteiger partial charge in [-0.15, -0.1) is 0 Å². The number of piperidine rings is 1. The van der Waals surface area contributed by atoms with Crippen molar-refractivity contribution in [3.63, 3.8) is 0 Å². The van der Waals surface area contributed by atoms with Crippen LogP contribution in [0, 0.1) is 5.92 Å². The van der Waals surface area contributed by atoms with E-state index in [4.69, 9.17) is 18.7 Å². The molecule has 0 saturated carbocycles. The van der Waals surface area contributed by atoms with Crippen molar-refractivity contribution in [2.24, 2.45) is 5.92 Å². The standard InChI is InChI=1S/C21H26N2O6/c1-13(2)10-14-11-15(22-29-14)21(25)23-7-6-17(16(24)12-23)28-19-5-3-4-18-20(19)27-9-8-26-18/h3-5,11,13,16-17,24H,6-10,12H2,1-2H3/t16-,17-/m1/s1. The van der Waals surface area contributed by atoms with E-state index in [-0.39, 0.29) is 18.1 Å². The molecule has 4 rings (SSSR count). The number of aliphatic hydroxyl groups excluding tert-OH is 1. The quantitative estimate of drug-likeness (QED) is 0.820. The third kappa shape index (κ3) is 4.32. The normalized spacial score (nSPS) is 21.3. The number of carbonyl (C=O) groups is 1. The van der Waals surface area contributed by atoms with Crippen LogP contribution in [0.4, 0.5) is 0 Å². The Kier molecular flexibility index (Phi) is 5.62. The number of ether oxygens (including phenoxy) is 3. The lowest BCUT2D eigenvalue weighted by Crippen LogP contribution is -2.51. The van der Waals surface area contributed by atoms with Crippen molar-refractivity contribution < 1.29 is 28.6 Å². The number of hydrogen-bond acceptors (Lipinski definition) is 7. The molecule has 8 nitrogen and oxygen atoms in total. The van der Waals surface area contributed by atoms with E-state index in [1.54, 1.807) is 17.0 Å². The molecular weight excluding hydrogens is 376 g/mol. The zero-order valence-corrected chi connectivity index (χ0v) is 16.7. The summed E-state index contributed by atoms with van der Waals surface area (Å²) in [7, 11) is 0. The number of rotatable bonds is 5. The highest BCUT2D eigenvalue weighted by Crippen LogP contribution is 2.40. The Bertz CT molecular complexity index is 865. The number of hydrogen-bond donors (Lipinski definition) is 1. The molecule has 2 aliphatic heterocycles. The number of benzene rings is 1. The number of aromatic nitrogens is 1. The molecule has 3 heterocycles. The second kappa shape index (κ2) is 8.32. The van der Waals surface area contributed by atoms with E-state index in [2.05, 4.69) is 19.0 Å². The highest BCUT2D eigenvalue weighted by Gasteiger charge is 2.34. The summed E-state index contributed by atoms with van der Waals surface area (Å²) < 4.78 is 22.5. The second-order valence-corrected chi connectivity index (χ2v) is 7.82. The molecule has 1 amide bonds. The van der Waals surface area contributed by atoms with Gasteiger partial charge in [-0.3, -0.25) is 4.79 Å². The van der Waals surface area contributed by atoms with E-state index in [1.165, 1.54) is 0 Å². The lowest BCUT2D eigenvalue weighted by molar-refractivity contribution is -0.0217. The van der Waals surface area contributed by atoms with Gasteiger partial charge >= 0.3 is 0 Å². The summed E-state index contributed by atoms with van der Waals surface area (Å²) >= 11 is 0. The monoisotopic (exact) mass is 402 g/mol. The van der Waals surface area contributed by atoms with Crippen molar-refractivity contribution in [2.45, 2.75) is 38.9 Å². The smallest absolute Gasteiger partial charge is 0.276 e. The van der Waals surface area contributed by atoms with Crippen LogP contribution in [0.15, 0.2) is 28.8 Å². The summed E-state index contributed by atoms with van der Waals surface area (Å²) in [5, 5.41) is 14.5. The summed E-state index contributed by atoms with van der Waals surface area (Å²) in [6.45, 7) is 5.74. The molecule has 2 atom stereocenters. The number of nitrogens with zero attached hydrogens (tertiary/aromatic N) is 2. The molecule has 2 aromatic rings. The van der Waals surface area contributed by atoms with Crippen molar-refractivity contribution in [3.8, 4) is 17.2 Å². The number of fused-ring (bicyclic) bond motifs is 1. The van der Waals surface area contributed by atoms with Gasteiger partial charge in [0.15, 0.2) is 17.2 Å². The van der Waals surface area contributed by atoms with Crippen LogP contribution in [-0.2, 0) is 6.42 Å². The van der Waals surface area contributed by atoms with Crippen molar-refractivity contribution in [1.82, 2.24) is 10.1 Å². The average molecular weight is 402 g/mol. The first-order chi connectivity index (χ1) is 14.0. The SMILES string of the molecule is CC(C)Cc1cc(C(=O)N2CC[C@@H](Oc3cccc4c3OCCO4)[C@H](O)C2)no1. The van der Waals surface area contributed by atoms with Crippen LogP contribution in [-0.4, -0.2) is 59.6 Å². The second-order valence-electron chi connectivity index (χ2n) is 7.82. The van der Waals surface area contributed by atoms with E-state index >= 15 is 0 Å². The molecule has 1 fully saturated rings. The van der Waals surface area contributed by atoms with Gasteiger partial charge in [0, 0.05) is 25.5 Å². The van der Waals surface area contributed by atoms with Crippen LogP contribution in [0.2, 0.25) is 0 Å². The van der Waals surface area contributed by atoms with Gasteiger partial charge in [0.05, 0.1) is 6.54 Å². The molecule has 1 N–H and O–H groups in total. The van der Waals surface area contributed by atoms with Gasteiger partial charge in [0.2, 0.25) is 5.75 Å². The molecule has 156 valence electrons. The summed E-state index contributed by atoms with van der Waals surface area (Å²) in [4.78, 5) is 14.3. The summed E-state index contributed by atoms with van der Waals surface area (Å²) in [6.07, 6.45) is -0.0415. The Morgan fingerprint density at radius 2 is 2.17 bits per heavy atom. The Morgan fingerprint density at radius 1 is 1.34 bits per heavy atom. The molecule has 0 aliphatic carbocycles. The minimum atomic E-state index is -0.824. The first kappa shape index (κ1) is 19.6. The molecule has 0 bridgehead atoms. The largest absolute Gasteiger partial charge is 0.486 e. The molecule has 1 aromatic heterocycles. The van der Waals surface area contributed by atoms with Crippen LogP contribution in [0.5, 0.6) is 17.2 Å². The fourth-order valence-electron chi connectivity index (χ4n) is 3.61. The number of aliphatic hydroxyl groups is 1. The maximum Gasteiger partial charge on any atom is 0.276 e. The fourth-order valence-corrected chi connectivity index (χ4v) is 3.61. The van der Waals surface area contributed by atoms with Crippen molar-refractivity contribution in [2.75, 3.05) is 26.3 Å². The molecule has 0 radical (unpaired) electrons. The lowest BCUT2D eigenvalue weighted by atomic mass is 10.0.